The molecule has 0 saturated heterocycles. The summed E-state index contributed by atoms with van der Waals surface area (Å²) in [7, 11) is 5.78. The van der Waals surface area contributed by atoms with E-state index >= 15 is 0 Å². The Balaban J connectivity index is 0. The highest BCUT2D eigenvalue weighted by molar-refractivity contribution is 5.95. The van der Waals surface area contributed by atoms with Gasteiger partial charge in [-0.25, -0.2) is 0 Å². The van der Waals surface area contributed by atoms with Crippen molar-refractivity contribution in [3.8, 4) is 0 Å². The average Bonchev–Trinajstić information content (AvgIpc) is 2.01. The number of ketones is 1. The van der Waals surface area contributed by atoms with Gasteiger partial charge in [0.15, 0.2) is 0 Å². The fourth-order valence-corrected chi connectivity index (χ4v) is 1.35. The van der Waals surface area contributed by atoms with E-state index in [4.69, 9.17) is 5.73 Å². The molecule has 14 heavy (non-hydrogen) atoms. The number of hydrogen-bond acceptors (Lipinski definition) is 2. The Morgan fingerprint density at radius 3 is 2.14 bits per heavy atom. The Labute approximate surface area is 93.0 Å². The van der Waals surface area contributed by atoms with Crippen molar-refractivity contribution < 1.29 is 21.7 Å². The molecule has 0 aromatic rings. The fraction of sp³-hybridized carbons (Fsp3) is 0.700. The molecule has 0 aliphatic carbocycles. The van der Waals surface area contributed by atoms with Crippen LogP contribution >= 0.6 is 0 Å². The lowest BCUT2D eigenvalue weighted by Gasteiger charge is -2.41. The van der Waals surface area contributed by atoms with Gasteiger partial charge in [-0.3, -0.25) is 10.5 Å². The van der Waals surface area contributed by atoms with E-state index in [1.165, 1.54) is 6.08 Å². The number of carbonyl (C=O) groups excluding carboxylic acids is 1. The Hall–Kier alpha value is -0.380. The highest BCUT2D eigenvalue weighted by atomic mass is 35.5. The first kappa shape index (κ1) is 16.1. The Morgan fingerprint density at radius 2 is 1.93 bits per heavy atom. The third-order valence-electron chi connectivity index (χ3n) is 2.44. The highest BCUT2D eigenvalue weighted by Crippen LogP contribution is 2.20. The molecule has 0 heterocycles. The van der Waals surface area contributed by atoms with Gasteiger partial charge in [-0.05, 0) is 12.5 Å². The molecule has 0 aromatic heterocycles. The summed E-state index contributed by atoms with van der Waals surface area (Å²) in [6, 6.07) is 0. The molecule has 1 unspecified atom stereocenters. The highest BCUT2D eigenvalue weighted by Gasteiger charge is 2.43. The molecule has 0 fully saturated rings. The third kappa shape index (κ3) is 3.08. The quantitative estimate of drug-likeness (QED) is 0.328. The van der Waals surface area contributed by atoms with Gasteiger partial charge in [-0.15, -0.1) is 0 Å². The Morgan fingerprint density at radius 1 is 1.50 bits per heavy atom. The van der Waals surface area contributed by atoms with Crippen molar-refractivity contribution >= 4 is 5.78 Å². The molecule has 3 nitrogen and oxygen atoms in total. The molecule has 1 atom stereocenters. The SMILES string of the molecule is C=CC(=O)C(N)(CCC)[N+](C)(C)C.[Cl-]. The number of carbonyl (C=O) groups is 1. The fourth-order valence-electron chi connectivity index (χ4n) is 1.35. The maximum absolute atomic E-state index is 11.6. The minimum atomic E-state index is -0.823. The lowest BCUT2D eigenvalue weighted by molar-refractivity contribution is -0.913. The standard InChI is InChI=1S/C10H21N2O.ClH/c1-6-8-10(11,9(13)7-2)12(3,4)5;/h7H,2,6,8,11H2,1,3-5H3;1H/q+1;/p-1. The van der Waals surface area contributed by atoms with Crippen LogP contribution in [0.1, 0.15) is 19.8 Å². The average molecular weight is 221 g/mol. The predicted octanol–water partition coefficient (Wildman–Crippen LogP) is -2.09. The van der Waals surface area contributed by atoms with Crippen LogP contribution in [-0.2, 0) is 4.79 Å². The van der Waals surface area contributed by atoms with Crippen molar-refractivity contribution in [2.45, 2.75) is 25.4 Å². The summed E-state index contributed by atoms with van der Waals surface area (Å²) in [6.45, 7) is 5.50. The van der Waals surface area contributed by atoms with E-state index in [1.807, 2.05) is 28.1 Å². The van der Waals surface area contributed by atoms with Crippen molar-refractivity contribution in [1.82, 2.24) is 0 Å². The van der Waals surface area contributed by atoms with Crippen LogP contribution in [0.4, 0.5) is 0 Å². The van der Waals surface area contributed by atoms with Gasteiger partial charge in [0, 0.05) is 6.42 Å². The van der Waals surface area contributed by atoms with E-state index in [1.54, 1.807) is 0 Å². The molecule has 0 rings (SSSR count). The van der Waals surface area contributed by atoms with Crippen molar-refractivity contribution in [3.05, 3.63) is 12.7 Å². The first-order valence-electron chi connectivity index (χ1n) is 4.57. The molecule has 0 spiro atoms. The van der Waals surface area contributed by atoms with Gasteiger partial charge in [0.05, 0.1) is 21.1 Å². The van der Waals surface area contributed by atoms with Gasteiger partial charge in [-0.1, -0.05) is 13.5 Å². The summed E-state index contributed by atoms with van der Waals surface area (Å²) < 4.78 is 0.436. The molecular weight excluding hydrogens is 200 g/mol. The van der Waals surface area contributed by atoms with Crippen LogP contribution in [0.2, 0.25) is 0 Å². The van der Waals surface area contributed by atoms with Gasteiger partial charge in [0.25, 0.3) is 0 Å². The molecular formula is C10H21ClN2O. The zero-order valence-electron chi connectivity index (χ0n) is 9.51. The molecule has 84 valence electrons. The van der Waals surface area contributed by atoms with Crippen LogP contribution in [0.5, 0.6) is 0 Å². The van der Waals surface area contributed by atoms with Gasteiger partial charge >= 0.3 is 0 Å². The summed E-state index contributed by atoms with van der Waals surface area (Å²) in [5, 5.41) is 0. The molecule has 0 amide bonds. The maximum atomic E-state index is 11.6. The molecule has 2 N–H and O–H groups in total. The van der Waals surface area contributed by atoms with Gasteiger partial charge < -0.3 is 16.9 Å². The van der Waals surface area contributed by atoms with Crippen LogP contribution < -0.4 is 18.1 Å². The third-order valence-corrected chi connectivity index (χ3v) is 2.44. The summed E-state index contributed by atoms with van der Waals surface area (Å²) >= 11 is 0. The maximum Gasteiger partial charge on any atom is 0.230 e. The van der Waals surface area contributed by atoms with E-state index < -0.39 is 5.66 Å². The van der Waals surface area contributed by atoms with Gasteiger partial charge in [-0.2, -0.15) is 0 Å². The van der Waals surface area contributed by atoms with E-state index in [0.717, 1.165) is 6.42 Å². The van der Waals surface area contributed by atoms with E-state index in [2.05, 4.69) is 6.58 Å². The van der Waals surface area contributed by atoms with Crippen LogP contribution in [0.25, 0.3) is 0 Å². The zero-order valence-corrected chi connectivity index (χ0v) is 10.3. The minimum Gasteiger partial charge on any atom is -1.00 e. The predicted molar refractivity (Wildman–Crippen MR) is 55.1 cm³/mol. The summed E-state index contributed by atoms with van der Waals surface area (Å²) in [4.78, 5) is 11.6. The monoisotopic (exact) mass is 220 g/mol. The molecule has 0 bridgehead atoms. The summed E-state index contributed by atoms with van der Waals surface area (Å²) in [6.07, 6.45) is 2.89. The second-order valence-electron chi connectivity index (χ2n) is 4.26. The molecule has 4 heteroatoms. The summed E-state index contributed by atoms with van der Waals surface area (Å²) in [5.41, 5.74) is 5.27. The lowest BCUT2D eigenvalue weighted by Crippen LogP contribution is -3.00. The van der Waals surface area contributed by atoms with Crippen LogP contribution in [-0.4, -0.2) is 37.1 Å². The second kappa shape index (κ2) is 5.49. The Bertz CT molecular complexity index is 211. The molecule has 0 radical (unpaired) electrons. The van der Waals surface area contributed by atoms with E-state index in [0.29, 0.717) is 10.9 Å². The van der Waals surface area contributed by atoms with Crippen LogP contribution in [0, 0.1) is 0 Å². The number of hydrogen-bond donors (Lipinski definition) is 1. The molecule has 0 aromatic carbocycles. The normalized spacial score (nSPS) is 15.2. The number of nitrogens with two attached hydrogens (primary N) is 1. The Kier molecular flexibility index (Phi) is 6.30. The van der Waals surface area contributed by atoms with Crippen LogP contribution in [0.3, 0.4) is 0 Å². The number of likely N-dealkylation sites (N-methyl/N-ethyl adjacent to an activating group) is 1. The molecule has 0 aliphatic heterocycles. The number of halogens is 1. The van der Waals surface area contributed by atoms with Crippen LogP contribution in [0.15, 0.2) is 12.7 Å². The smallest absolute Gasteiger partial charge is 0.230 e. The minimum absolute atomic E-state index is 0. The van der Waals surface area contributed by atoms with Crippen molar-refractivity contribution in [2.24, 2.45) is 5.73 Å². The topological polar surface area (TPSA) is 43.1 Å². The van der Waals surface area contributed by atoms with E-state index in [9.17, 15) is 4.79 Å². The largest absolute Gasteiger partial charge is 1.00 e. The van der Waals surface area contributed by atoms with Gasteiger partial charge in [0.2, 0.25) is 11.4 Å². The lowest BCUT2D eigenvalue weighted by atomic mass is 9.96. The van der Waals surface area contributed by atoms with Crippen molar-refractivity contribution in [3.63, 3.8) is 0 Å². The first-order chi connectivity index (χ1) is 5.79. The second-order valence-corrected chi connectivity index (χ2v) is 4.26. The summed E-state index contributed by atoms with van der Waals surface area (Å²) in [5.74, 6) is -0.0816. The van der Waals surface area contributed by atoms with Crippen molar-refractivity contribution in [2.75, 3.05) is 21.1 Å². The molecule has 0 aliphatic rings. The van der Waals surface area contributed by atoms with E-state index in [-0.39, 0.29) is 18.2 Å². The molecule has 0 saturated carbocycles. The number of quaternary nitrogens is 1. The zero-order chi connectivity index (χ0) is 10.7. The number of nitrogens with zero attached hydrogens (tertiary/aromatic N) is 1. The first-order valence-corrected chi connectivity index (χ1v) is 4.57. The number of rotatable bonds is 5. The van der Waals surface area contributed by atoms with Crippen molar-refractivity contribution in [1.29, 1.82) is 0 Å². The van der Waals surface area contributed by atoms with Gasteiger partial charge in [0.1, 0.15) is 0 Å².